The molecular formula is C18H14ClFN4O3S. The lowest BCUT2D eigenvalue weighted by Crippen LogP contribution is -2.35. The molecule has 0 spiro atoms. The molecule has 0 unspecified atom stereocenters. The second-order valence-electron chi connectivity index (χ2n) is 6.27. The van der Waals surface area contributed by atoms with Crippen LogP contribution in [0.2, 0.25) is 5.02 Å². The fraction of sp³-hybridized carbons (Fsp3) is 0.222. The van der Waals surface area contributed by atoms with E-state index in [1.165, 1.54) is 29.5 Å². The van der Waals surface area contributed by atoms with Gasteiger partial charge in [-0.2, -0.15) is 0 Å². The van der Waals surface area contributed by atoms with Crippen LogP contribution in [0.25, 0.3) is 0 Å². The number of halogens is 2. The molecule has 28 heavy (non-hydrogen) atoms. The van der Waals surface area contributed by atoms with E-state index in [2.05, 4.69) is 15.5 Å². The lowest BCUT2D eigenvalue weighted by Gasteiger charge is -2.26. The van der Waals surface area contributed by atoms with Crippen LogP contribution in [-0.4, -0.2) is 33.4 Å². The number of aromatic nitrogens is 2. The Kier molecular flexibility index (Phi) is 4.86. The number of hydrogen-bond donors (Lipinski definition) is 1. The van der Waals surface area contributed by atoms with Gasteiger partial charge in [-0.05, 0) is 25.1 Å². The quantitative estimate of drug-likeness (QED) is 0.698. The summed E-state index contributed by atoms with van der Waals surface area (Å²) in [6, 6.07) is 5.25. The van der Waals surface area contributed by atoms with E-state index in [0.29, 0.717) is 30.4 Å². The van der Waals surface area contributed by atoms with Crippen LogP contribution in [0.5, 0.6) is 0 Å². The molecule has 0 bridgehead atoms. The molecule has 2 aromatic heterocycles. The summed E-state index contributed by atoms with van der Waals surface area (Å²) >= 11 is 7.31. The van der Waals surface area contributed by atoms with E-state index < -0.39 is 11.7 Å². The van der Waals surface area contributed by atoms with Crippen molar-refractivity contribution in [1.82, 2.24) is 15.0 Å². The zero-order valence-corrected chi connectivity index (χ0v) is 16.2. The molecule has 0 atom stereocenters. The lowest BCUT2D eigenvalue weighted by atomic mass is 10.1. The van der Waals surface area contributed by atoms with Gasteiger partial charge in [0.05, 0.1) is 22.8 Å². The number of aryl methyl sites for hydroxylation is 1. The molecular weight excluding hydrogens is 407 g/mol. The van der Waals surface area contributed by atoms with Gasteiger partial charge in [0.1, 0.15) is 11.6 Å². The molecule has 10 heteroatoms. The van der Waals surface area contributed by atoms with Crippen molar-refractivity contribution in [3.63, 3.8) is 0 Å². The van der Waals surface area contributed by atoms with Crippen LogP contribution in [-0.2, 0) is 13.0 Å². The van der Waals surface area contributed by atoms with E-state index in [9.17, 15) is 14.0 Å². The van der Waals surface area contributed by atoms with Crippen LogP contribution in [0, 0.1) is 12.7 Å². The summed E-state index contributed by atoms with van der Waals surface area (Å²) < 4.78 is 18.1. The van der Waals surface area contributed by atoms with Crippen molar-refractivity contribution in [2.75, 3.05) is 11.9 Å². The first-order chi connectivity index (χ1) is 13.4. The average molecular weight is 421 g/mol. The Balaban J connectivity index is 1.48. The van der Waals surface area contributed by atoms with Crippen LogP contribution in [0.15, 0.2) is 28.8 Å². The number of carbonyl (C=O) groups is 2. The standard InChI is InChI=1S/C18H14ClFN4O3S/c1-9-6-14(23-27-9)16(25)22-18-21-13-4-5-24(8-15(13)28-18)17(26)11-3-2-10(20)7-12(11)19/h2-3,6-7H,4-5,8H2,1H3,(H,21,22,25). The number of anilines is 1. The molecule has 1 N–H and O–H groups in total. The molecule has 0 fully saturated rings. The average Bonchev–Trinajstić information content (AvgIpc) is 3.26. The Labute approximate surface area is 168 Å². The first kappa shape index (κ1) is 18.6. The maximum absolute atomic E-state index is 13.2. The first-order valence-electron chi connectivity index (χ1n) is 8.38. The monoisotopic (exact) mass is 420 g/mol. The third kappa shape index (κ3) is 3.63. The molecule has 144 valence electrons. The second-order valence-corrected chi connectivity index (χ2v) is 7.76. The summed E-state index contributed by atoms with van der Waals surface area (Å²) in [5.41, 5.74) is 1.27. The maximum Gasteiger partial charge on any atom is 0.279 e. The van der Waals surface area contributed by atoms with E-state index in [1.807, 2.05) is 0 Å². The second kappa shape index (κ2) is 7.33. The number of fused-ring (bicyclic) bond motifs is 1. The number of nitrogens with one attached hydrogen (secondary N) is 1. The zero-order chi connectivity index (χ0) is 19.8. The number of amides is 2. The topological polar surface area (TPSA) is 88.3 Å². The predicted octanol–water partition coefficient (Wildman–Crippen LogP) is 3.68. The molecule has 0 saturated heterocycles. The van der Waals surface area contributed by atoms with Crippen LogP contribution >= 0.6 is 22.9 Å². The van der Waals surface area contributed by atoms with Crippen molar-refractivity contribution in [2.45, 2.75) is 19.9 Å². The van der Waals surface area contributed by atoms with Crippen molar-refractivity contribution in [1.29, 1.82) is 0 Å². The fourth-order valence-electron chi connectivity index (χ4n) is 2.89. The Morgan fingerprint density at radius 1 is 1.36 bits per heavy atom. The first-order valence-corrected chi connectivity index (χ1v) is 9.57. The van der Waals surface area contributed by atoms with Crippen molar-refractivity contribution in [3.05, 3.63) is 62.7 Å². The Morgan fingerprint density at radius 2 is 2.18 bits per heavy atom. The van der Waals surface area contributed by atoms with E-state index in [4.69, 9.17) is 16.1 Å². The largest absolute Gasteiger partial charge is 0.361 e. The van der Waals surface area contributed by atoms with Crippen LogP contribution in [0.4, 0.5) is 9.52 Å². The number of hydrogen-bond acceptors (Lipinski definition) is 6. The van der Waals surface area contributed by atoms with Gasteiger partial charge in [-0.1, -0.05) is 28.1 Å². The third-order valence-corrected chi connectivity index (χ3v) is 5.57. The lowest BCUT2D eigenvalue weighted by molar-refractivity contribution is 0.0736. The molecule has 1 aliphatic heterocycles. The minimum atomic E-state index is -0.493. The van der Waals surface area contributed by atoms with Gasteiger partial charge >= 0.3 is 0 Å². The van der Waals surface area contributed by atoms with Gasteiger partial charge < -0.3 is 9.42 Å². The van der Waals surface area contributed by atoms with Crippen LogP contribution in [0.3, 0.4) is 0 Å². The van der Waals surface area contributed by atoms with Crippen LogP contribution in [0.1, 0.15) is 37.2 Å². The molecule has 3 heterocycles. The highest BCUT2D eigenvalue weighted by atomic mass is 35.5. The molecule has 7 nitrogen and oxygen atoms in total. The smallest absolute Gasteiger partial charge is 0.279 e. The summed E-state index contributed by atoms with van der Waals surface area (Å²) in [6.45, 7) is 2.50. The molecule has 2 amide bonds. The predicted molar refractivity (Wildman–Crippen MR) is 101 cm³/mol. The van der Waals surface area contributed by atoms with Crippen LogP contribution < -0.4 is 5.32 Å². The molecule has 1 aromatic carbocycles. The van der Waals surface area contributed by atoms with Gasteiger partial charge in [0.2, 0.25) is 0 Å². The molecule has 4 rings (SSSR count). The van der Waals surface area contributed by atoms with Crippen molar-refractivity contribution in [2.24, 2.45) is 0 Å². The van der Waals surface area contributed by atoms with E-state index >= 15 is 0 Å². The normalized spacial score (nSPS) is 13.3. The SMILES string of the molecule is Cc1cc(C(=O)Nc2nc3c(s2)CN(C(=O)c2ccc(F)cc2Cl)CC3)no1. The highest BCUT2D eigenvalue weighted by Crippen LogP contribution is 2.30. The number of thiazole rings is 1. The van der Waals surface area contributed by atoms with Gasteiger partial charge in [-0.3, -0.25) is 14.9 Å². The Morgan fingerprint density at radius 3 is 2.89 bits per heavy atom. The summed E-state index contributed by atoms with van der Waals surface area (Å²) in [4.78, 5) is 31.9. The number of benzene rings is 1. The fourth-order valence-corrected chi connectivity index (χ4v) is 4.16. The minimum absolute atomic E-state index is 0.0796. The molecule has 1 aliphatic rings. The molecule has 3 aromatic rings. The van der Waals surface area contributed by atoms with Gasteiger partial charge in [-0.25, -0.2) is 9.37 Å². The van der Waals surface area contributed by atoms with E-state index in [0.717, 1.165) is 16.6 Å². The molecule has 0 aliphatic carbocycles. The highest BCUT2D eigenvalue weighted by molar-refractivity contribution is 7.15. The maximum atomic E-state index is 13.2. The summed E-state index contributed by atoms with van der Waals surface area (Å²) in [5, 5.41) is 6.89. The number of carbonyl (C=O) groups excluding carboxylic acids is 2. The zero-order valence-electron chi connectivity index (χ0n) is 14.7. The van der Waals surface area contributed by atoms with E-state index in [-0.39, 0.29) is 22.2 Å². The van der Waals surface area contributed by atoms with Crippen molar-refractivity contribution < 1.29 is 18.5 Å². The van der Waals surface area contributed by atoms with E-state index in [1.54, 1.807) is 11.8 Å². The van der Waals surface area contributed by atoms with Gasteiger partial charge in [0.25, 0.3) is 11.8 Å². The van der Waals surface area contributed by atoms with Crippen molar-refractivity contribution in [3.8, 4) is 0 Å². The summed E-state index contributed by atoms with van der Waals surface area (Å²) in [6.07, 6.45) is 0.551. The molecule has 0 radical (unpaired) electrons. The summed E-state index contributed by atoms with van der Waals surface area (Å²) in [5.74, 6) is -0.633. The van der Waals surface area contributed by atoms with Gasteiger partial charge in [0.15, 0.2) is 10.8 Å². The number of nitrogens with zero attached hydrogens (tertiary/aromatic N) is 3. The van der Waals surface area contributed by atoms with Gasteiger partial charge in [-0.15, -0.1) is 0 Å². The number of rotatable bonds is 3. The van der Waals surface area contributed by atoms with Gasteiger partial charge in [0, 0.05) is 23.9 Å². The Bertz CT molecular complexity index is 1080. The third-order valence-electron chi connectivity index (χ3n) is 4.26. The Hall–Kier alpha value is -2.78. The van der Waals surface area contributed by atoms with Crippen molar-refractivity contribution >= 4 is 39.9 Å². The summed E-state index contributed by atoms with van der Waals surface area (Å²) in [7, 11) is 0. The minimum Gasteiger partial charge on any atom is -0.361 e. The highest BCUT2D eigenvalue weighted by Gasteiger charge is 2.27. The molecule has 0 saturated carbocycles.